The number of hydrogen-bond donors (Lipinski definition) is 1. The number of methoxy groups -OCH3 is 1. The summed E-state index contributed by atoms with van der Waals surface area (Å²) in [6.07, 6.45) is -4.43. The molecule has 19 heavy (non-hydrogen) atoms. The number of benzene rings is 1. The molecule has 0 saturated heterocycles. The average Bonchev–Trinajstić information content (AvgIpc) is 2.34. The Labute approximate surface area is 107 Å². The predicted octanol–water partition coefficient (Wildman–Crippen LogP) is 1.97. The first-order valence-corrected chi connectivity index (χ1v) is 5.08. The Kier molecular flexibility index (Phi) is 4.99. The first-order valence-electron chi connectivity index (χ1n) is 5.08. The van der Waals surface area contributed by atoms with Gasteiger partial charge in [-0.3, -0.25) is 0 Å². The van der Waals surface area contributed by atoms with Crippen LogP contribution in [0.15, 0.2) is 18.2 Å². The lowest BCUT2D eigenvalue weighted by Gasteiger charge is -2.11. The number of carbonyl (C=O) groups excluding carboxylic acids is 1. The number of carbonyl (C=O) groups is 1. The number of halogens is 3. The Bertz CT molecular complexity index is 448. The van der Waals surface area contributed by atoms with E-state index in [-0.39, 0.29) is 17.0 Å². The van der Waals surface area contributed by atoms with Crippen LogP contribution < -0.4 is 10.5 Å². The number of esters is 1. The molecule has 106 valence electrons. The SMILES string of the molecule is COC(=O)c1ccc(N)c(OCOCC(F)(F)F)c1. The van der Waals surface area contributed by atoms with Crippen molar-refractivity contribution in [3.05, 3.63) is 23.8 Å². The van der Waals surface area contributed by atoms with Gasteiger partial charge in [0.2, 0.25) is 0 Å². The molecule has 1 aromatic rings. The molecule has 0 fully saturated rings. The predicted molar refractivity (Wildman–Crippen MR) is 59.7 cm³/mol. The quantitative estimate of drug-likeness (QED) is 0.386. The summed E-state index contributed by atoms with van der Waals surface area (Å²) >= 11 is 0. The zero-order chi connectivity index (χ0) is 14.5. The standard InChI is InChI=1S/C11H12F3NO4/c1-17-10(16)7-2-3-8(15)9(4-7)19-6-18-5-11(12,13)14/h2-4H,5-6,15H2,1H3. The summed E-state index contributed by atoms with van der Waals surface area (Å²) in [6.45, 7) is -2.06. The molecule has 0 bridgehead atoms. The van der Waals surface area contributed by atoms with Gasteiger partial charge in [0.15, 0.2) is 6.79 Å². The Morgan fingerprint density at radius 3 is 2.63 bits per heavy atom. The first-order chi connectivity index (χ1) is 8.83. The maximum atomic E-state index is 11.8. The second kappa shape index (κ2) is 6.28. The molecule has 0 aliphatic rings. The number of ether oxygens (including phenoxy) is 3. The molecule has 0 spiro atoms. The zero-order valence-electron chi connectivity index (χ0n) is 9.99. The number of nitrogen functional groups attached to an aromatic ring is 1. The molecule has 0 aliphatic heterocycles. The third-order valence-electron chi connectivity index (χ3n) is 2.00. The van der Waals surface area contributed by atoms with Crippen molar-refractivity contribution in [2.45, 2.75) is 6.18 Å². The van der Waals surface area contributed by atoms with E-state index < -0.39 is 25.5 Å². The molecule has 0 aromatic heterocycles. The van der Waals surface area contributed by atoms with Gasteiger partial charge in [-0.1, -0.05) is 0 Å². The Balaban J connectivity index is 2.60. The number of alkyl halides is 3. The van der Waals surface area contributed by atoms with Crippen molar-refractivity contribution >= 4 is 11.7 Å². The van der Waals surface area contributed by atoms with E-state index in [1.54, 1.807) is 0 Å². The highest BCUT2D eigenvalue weighted by molar-refractivity contribution is 5.90. The van der Waals surface area contributed by atoms with Crippen LogP contribution in [0.1, 0.15) is 10.4 Å². The van der Waals surface area contributed by atoms with Crippen LogP contribution in [0.3, 0.4) is 0 Å². The molecule has 0 saturated carbocycles. The Hall–Kier alpha value is -1.96. The van der Waals surface area contributed by atoms with Gasteiger partial charge in [-0.25, -0.2) is 4.79 Å². The van der Waals surface area contributed by atoms with Gasteiger partial charge in [-0.15, -0.1) is 0 Å². The fourth-order valence-electron chi connectivity index (χ4n) is 1.17. The van der Waals surface area contributed by atoms with Gasteiger partial charge >= 0.3 is 12.1 Å². The van der Waals surface area contributed by atoms with Gasteiger partial charge in [0.1, 0.15) is 12.4 Å². The summed E-state index contributed by atoms with van der Waals surface area (Å²) in [5, 5.41) is 0. The summed E-state index contributed by atoms with van der Waals surface area (Å²) in [5.74, 6) is -0.564. The topological polar surface area (TPSA) is 70.8 Å². The monoisotopic (exact) mass is 279 g/mol. The van der Waals surface area contributed by atoms with Gasteiger partial charge < -0.3 is 19.9 Å². The van der Waals surface area contributed by atoms with Gasteiger partial charge in [0, 0.05) is 0 Å². The Morgan fingerprint density at radius 2 is 2.05 bits per heavy atom. The van der Waals surface area contributed by atoms with Crippen LogP contribution in [0.4, 0.5) is 18.9 Å². The molecule has 0 heterocycles. The third kappa shape index (κ3) is 5.04. The van der Waals surface area contributed by atoms with Gasteiger partial charge in [-0.05, 0) is 18.2 Å². The summed E-state index contributed by atoms with van der Waals surface area (Å²) in [4.78, 5) is 11.2. The summed E-state index contributed by atoms with van der Waals surface area (Å²) < 4.78 is 49.1. The summed E-state index contributed by atoms with van der Waals surface area (Å²) in [6, 6.07) is 4.05. The van der Waals surface area contributed by atoms with E-state index in [4.69, 9.17) is 10.5 Å². The molecule has 0 radical (unpaired) electrons. The normalized spacial score (nSPS) is 11.2. The zero-order valence-corrected chi connectivity index (χ0v) is 9.99. The molecular formula is C11H12F3NO4. The molecule has 0 aliphatic carbocycles. The number of hydrogen-bond acceptors (Lipinski definition) is 5. The average molecular weight is 279 g/mol. The van der Waals surface area contributed by atoms with Crippen LogP contribution in [0, 0.1) is 0 Å². The minimum absolute atomic E-state index is 0.0464. The minimum Gasteiger partial charge on any atom is -0.465 e. The van der Waals surface area contributed by atoms with Gasteiger partial charge in [0.25, 0.3) is 0 Å². The van der Waals surface area contributed by atoms with Crippen LogP contribution in [-0.2, 0) is 9.47 Å². The summed E-state index contributed by atoms with van der Waals surface area (Å²) in [5.41, 5.74) is 5.88. The molecule has 0 unspecified atom stereocenters. The molecular weight excluding hydrogens is 267 g/mol. The molecule has 1 rings (SSSR count). The highest BCUT2D eigenvalue weighted by Crippen LogP contribution is 2.23. The third-order valence-corrected chi connectivity index (χ3v) is 2.00. The van der Waals surface area contributed by atoms with E-state index in [1.807, 2.05) is 0 Å². The molecule has 2 N–H and O–H groups in total. The lowest BCUT2D eigenvalue weighted by atomic mass is 10.2. The molecule has 0 amide bonds. The molecule has 8 heteroatoms. The van der Waals surface area contributed by atoms with E-state index in [0.717, 1.165) is 0 Å². The van der Waals surface area contributed by atoms with Gasteiger partial charge in [-0.2, -0.15) is 13.2 Å². The van der Waals surface area contributed by atoms with Gasteiger partial charge in [0.05, 0.1) is 18.4 Å². The molecule has 1 aromatic carbocycles. The van der Waals surface area contributed by atoms with E-state index in [0.29, 0.717) is 0 Å². The van der Waals surface area contributed by atoms with E-state index in [2.05, 4.69) is 9.47 Å². The lowest BCUT2D eigenvalue weighted by Crippen LogP contribution is -2.19. The van der Waals surface area contributed by atoms with Crippen molar-refractivity contribution in [1.82, 2.24) is 0 Å². The van der Waals surface area contributed by atoms with Crippen molar-refractivity contribution in [2.24, 2.45) is 0 Å². The van der Waals surface area contributed by atoms with Crippen molar-refractivity contribution in [3.63, 3.8) is 0 Å². The summed E-state index contributed by atoms with van der Waals surface area (Å²) in [7, 11) is 1.20. The maximum Gasteiger partial charge on any atom is 0.411 e. The highest BCUT2D eigenvalue weighted by Gasteiger charge is 2.27. The van der Waals surface area contributed by atoms with Crippen LogP contribution in [0.25, 0.3) is 0 Å². The first kappa shape index (κ1) is 15.1. The number of rotatable bonds is 5. The van der Waals surface area contributed by atoms with Crippen LogP contribution in [0.5, 0.6) is 5.75 Å². The smallest absolute Gasteiger partial charge is 0.411 e. The fraction of sp³-hybridized carbons (Fsp3) is 0.364. The largest absolute Gasteiger partial charge is 0.465 e. The Morgan fingerprint density at radius 1 is 1.37 bits per heavy atom. The van der Waals surface area contributed by atoms with E-state index in [9.17, 15) is 18.0 Å². The van der Waals surface area contributed by atoms with Crippen LogP contribution in [0.2, 0.25) is 0 Å². The van der Waals surface area contributed by atoms with Crippen molar-refractivity contribution in [2.75, 3.05) is 26.2 Å². The maximum absolute atomic E-state index is 11.8. The minimum atomic E-state index is -4.43. The van der Waals surface area contributed by atoms with Crippen molar-refractivity contribution in [3.8, 4) is 5.75 Å². The molecule has 0 atom stereocenters. The van der Waals surface area contributed by atoms with E-state index >= 15 is 0 Å². The number of anilines is 1. The molecule has 5 nitrogen and oxygen atoms in total. The van der Waals surface area contributed by atoms with Crippen LogP contribution in [-0.4, -0.2) is 32.7 Å². The van der Waals surface area contributed by atoms with E-state index in [1.165, 1.54) is 25.3 Å². The fourth-order valence-corrected chi connectivity index (χ4v) is 1.17. The highest BCUT2D eigenvalue weighted by atomic mass is 19.4. The number of nitrogens with two attached hydrogens (primary N) is 1. The van der Waals surface area contributed by atoms with Crippen molar-refractivity contribution in [1.29, 1.82) is 0 Å². The second-order valence-corrected chi connectivity index (χ2v) is 3.47. The van der Waals surface area contributed by atoms with Crippen molar-refractivity contribution < 1.29 is 32.2 Å². The second-order valence-electron chi connectivity index (χ2n) is 3.47. The lowest BCUT2D eigenvalue weighted by molar-refractivity contribution is -0.186. The van der Waals surface area contributed by atoms with Crippen LogP contribution >= 0.6 is 0 Å².